The summed E-state index contributed by atoms with van der Waals surface area (Å²) >= 11 is 0. The Kier molecular flexibility index (Phi) is 5.20. The Bertz CT molecular complexity index is 376. The number of hydrogen-bond acceptors (Lipinski definition) is 3. The third kappa shape index (κ3) is 3.90. The topological polar surface area (TPSA) is 46.6 Å². The maximum Gasteiger partial charge on any atom is 0.416 e. The highest BCUT2D eigenvalue weighted by atomic mass is 16.6. The molecule has 0 aliphatic rings. The second kappa shape index (κ2) is 6.68. The van der Waals surface area contributed by atoms with E-state index in [1.54, 1.807) is 13.8 Å². The largest absolute Gasteiger partial charge is 0.449 e. The number of ether oxygens (including phenoxy) is 1. The van der Waals surface area contributed by atoms with Gasteiger partial charge in [0.2, 0.25) is 5.91 Å². The molecule has 0 fully saturated rings. The molecule has 0 saturated carbocycles. The highest BCUT2D eigenvalue weighted by molar-refractivity contribution is 5.93. The van der Waals surface area contributed by atoms with Crippen molar-refractivity contribution in [3.63, 3.8) is 0 Å². The van der Waals surface area contributed by atoms with Crippen molar-refractivity contribution in [2.24, 2.45) is 0 Å². The molecule has 0 unspecified atom stereocenters. The first kappa shape index (κ1) is 13.2. The Hall–Kier alpha value is -1.84. The van der Waals surface area contributed by atoms with E-state index in [9.17, 15) is 9.59 Å². The van der Waals surface area contributed by atoms with Crippen molar-refractivity contribution in [2.45, 2.75) is 20.3 Å². The predicted octanol–water partition coefficient (Wildman–Crippen LogP) is 2.23. The fourth-order valence-corrected chi connectivity index (χ4v) is 1.47. The van der Waals surface area contributed by atoms with Crippen LogP contribution in [-0.4, -0.2) is 30.1 Å². The summed E-state index contributed by atoms with van der Waals surface area (Å²) in [6.07, 6.45) is -0.357. The first-order valence-electron chi connectivity index (χ1n) is 5.70. The van der Waals surface area contributed by atoms with Crippen molar-refractivity contribution in [3.05, 3.63) is 35.9 Å². The molecule has 0 bridgehead atoms. The SMILES string of the molecule is CCOC(=O)N(CC)C(=O)Cc1ccccc1. The van der Waals surface area contributed by atoms with Gasteiger partial charge in [-0.3, -0.25) is 4.79 Å². The number of nitrogens with zero attached hydrogens (tertiary/aromatic N) is 1. The Labute approximate surface area is 101 Å². The fraction of sp³-hybridized carbons (Fsp3) is 0.385. The van der Waals surface area contributed by atoms with Crippen LogP contribution in [0, 0.1) is 0 Å². The van der Waals surface area contributed by atoms with Crippen LogP contribution in [0.2, 0.25) is 0 Å². The van der Waals surface area contributed by atoms with Crippen LogP contribution in [0.4, 0.5) is 4.79 Å². The van der Waals surface area contributed by atoms with E-state index in [0.29, 0.717) is 6.54 Å². The number of likely N-dealkylation sites (N-methyl/N-ethyl adjacent to an activating group) is 1. The molecule has 4 heteroatoms. The normalized spacial score (nSPS) is 9.76. The average Bonchev–Trinajstić information content (AvgIpc) is 2.31. The van der Waals surface area contributed by atoms with Gasteiger partial charge < -0.3 is 4.74 Å². The Morgan fingerprint density at radius 3 is 2.35 bits per heavy atom. The third-order valence-corrected chi connectivity index (χ3v) is 2.30. The van der Waals surface area contributed by atoms with Crippen LogP contribution < -0.4 is 0 Å². The lowest BCUT2D eigenvalue weighted by molar-refractivity contribution is -0.128. The summed E-state index contributed by atoms with van der Waals surface area (Å²) in [5.41, 5.74) is 0.889. The zero-order chi connectivity index (χ0) is 12.7. The molecule has 0 N–H and O–H groups in total. The Balaban J connectivity index is 2.64. The second-order valence-electron chi connectivity index (χ2n) is 3.50. The van der Waals surface area contributed by atoms with E-state index in [4.69, 9.17) is 4.74 Å². The number of rotatable bonds is 4. The zero-order valence-electron chi connectivity index (χ0n) is 10.2. The summed E-state index contributed by atoms with van der Waals surface area (Å²) in [6.45, 7) is 4.06. The summed E-state index contributed by atoms with van der Waals surface area (Å²) in [5, 5.41) is 0. The van der Waals surface area contributed by atoms with Gasteiger partial charge in [0.05, 0.1) is 13.0 Å². The van der Waals surface area contributed by atoms with Crippen LogP contribution in [-0.2, 0) is 16.0 Å². The number of amides is 2. The predicted molar refractivity (Wildman–Crippen MR) is 64.6 cm³/mol. The van der Waals surface area contributed by atoms with Gasteiger partial charge in [-0.25, -0.2) is 9.69 Å². The number of benzene rings is 1. The smallest absolute Gasteiger partial charge is 0.416 e. The minimum absolute atomic E-state index is 0.216. The van der Waals surface area contributed by atoms with Gasteiger partial charge in [0, 0.05) is 6.54 Å². The molecular formula is C13H17NO3. The molecule has 0 atom stereocenters. The van der Waals surface area contributed by atoms with E-state index in [-0.39, 0.29) is 18.9 Å². The lowest BCUT2D eigenvalue weighted by Gasteiger charge is -2.17. The molecule has 1 aromatic carbocycles. The summed E-state index contributed by atoms with van der Waals surface area (Å²) in [4.78, 5) is 24.5. The van der Waals surface area contributed by atoms with E-state index in [2.05, 4.69) is 0 Å². The van der Waals surface area contributed by atoms with Gasteiger partial charge in [-0.15, -0.1) is 0 Å². The number of imide groups is 1. The summed E-state index contributed by atoms with van der Waals surface area (Å²) in [6, 6.07) is 9.33. The molecule has 92 valence electrons. The molecule has 1 aromatic rings. The van der Waals surface area contributed by atoms with E-state index in [1.807, 2.05) is 30.3 Å². The number of hydrogen-bond donors (Lipinski definition) is 0. The Morgan fingerprint density at radius 2 is 1.82 bits per heavy atom. The van der Waals surface area contributed by atoms with Crippen molar-refractivity contribution in [1.82, 2.24) is 4.90 Å². The molecule has 4 nitrogen and oxygen atoms in total. The summed E-state index contributed by atoms with van der Waals surface area (Å²) in [7, 11) is 0. The lowest BCUT2D eigenvalue weighted by Crippen LogP contribution is -2.38. The zero-order valence-corrected chi connectivity index (χ0v) is 10.2. The van der Waals surface area contributed by atoms with E-state index in [0.717, 1.165) is 10.5 Å². The van der Waals surface area contributed by atoms with Crippen molar-refractivity contribution in [3.8, 4) is 0 Å². The van der Waals surface area contributed by atoms with Crippen molar-refractivity contribution in [2.75, 3.05) is 13.2 Å². The van der Waals surface area contributed by atoms with Crippen molar-refractivity contribution >= 4 is 12.0 Å². The van der Waals surface area contributed by atoms with Gasteiger partial charge in [-0.2, -0.15) is 0 Å². The molecule has 0 aliphatic heterocycles. The lowest BCUT2D eigenvalue weighted by atomic mass is 10.1. The quantitative estimate of drug-likeness (QED) is 0.804. The van der Waals surface area contributed by atoms with Gasteiger partial charge in [-0.05, 0) is 19.4 Å². The highest BCUT2D eigenvalue weighted by Gasteiger charge is 2.20. The molecule has 0 aliphatic carbocycles. The first-order chi connectivity index (χ1) is 8.19. The van der Waals surface area contributed by atoms with E-state index < -0.39 is 6.09 Å². The van der Waals surface area contributed by atoms with Crippen LogP contribution >= 0.6 is 0 Å². The van der Waals surface area contributed by atoms with Crippen LogP contribution in [0.25, 0.3) is 0 Å². The monoisotopic (exact) mass is 235 g/mol. The number of carbonyl (C=O) groups is 2. The van der Waals surface area contributed by atoms with Gasteiger partial charge >= 0.3 is 6.09 Å². The Morgan fingerprint density at radius 1 is 1.18 bits per heavy atom. The molecule has 17 heavy (non-hydrogen) atoms. The minimum atomic E-state index is -0.573. The molecule has 0 saturated heterocycles. The molecular weight excluding hydrogens is 218 g/mol. The highest BCUT2D eigenvalue weighted by Crippen LogP contribution is 2.04. The molecule has 0 spiro atoms. The van der Waals surface area contributed by atoms with Crippen molar-refractivity contribution < 1.29 is 14.3 Å². The average molecular weight is 235 g/mol. The maximum absolute atomic E-state index is 11.9. The van der Waals surface area contributed by atoms with Crippen LogP contribution in [0.5, 0.6) is 0 Å². The van der Waals surface area contributed by atoms with Gasteiger partial charge in [0.25, 0.3) is 0 Å². The van der Waals surface area contributed by atoms with Crippen molar-refractivity contribution in [1.29, 1.82) is 0 Å². The molecule has 2 amide bonds. The standard InChI is InChI=1S/C13H17NO3/c1-3-14(13(16)17-4-2)12(15)10-11-8-6-5-7-9-11/h5-9H,3-4,10H2,1-2H3. The molecule has 0 aromatic heterocycles. The minimum Gasteiger partial charge on any atom is -0.449 e. The maximum atomic E-state index is 11.9. The summed E-state index contributed by atoms with van der Waals surface area (Å²) in [5.74, 6) is -0.239. The van der Waals surface area contributed by atoms with Gasteiger partial charge in [-0.1, -0.05) is 30.3 Å². The van der Waals surface area contributed by atoms with Crippen LogP contribution in [0.1, 0.15) is 19.4 Å². The fourth-order valence-electron chi connectivity index (χ4n) is 1.47. The summed E-state index contributed by atoms with van der Waals surface area (Å²) < 4.78 is 4.82. The molecule has 0 heterocycles. The van der Waals surface area contributed by atoms with Gasteiger partial charge in [0.15, 0.2) is 0 Å². The second-order valence-corrected chi connectivity index (χ2v) is 3.50. The molecule has 1 rings (SSSR count). The van der Waals surface area contributed by atoms with E-state index in [1.165, 1.54) is 0 Å². The van der Waals surface area contributed by atoms with Crippen LogP contribution in [0.3, 0.4) is 0 Å². The number of carbonyl (C=O) groups excluding carboxylic acids is 2. The van der Waals surface area contributed by atoms with E-state index >= 15 is 0 Å². The van der Waals surface area contributed by atoms with Crippen LogP contribution in [0.15, 0.2) is 30.3 Å². The first-order valence-corrected chi connectivity index (χ1v) is 5.70. The third-order valence-electron chi connectivity index (χ3n) is 2.30. The van der Waals surface area contributed by atoms with Gasteiger partial charge in [0.1, 0.15) is 0 Å². The molecule has 0 radical (unpaired) electrons.